The summed E-state index contributed by atoms with van der Waals surface area (Å²) < 4.78 is 17.5. The van der Waals surface area contributed by atoms with Crippen molar-refractivity contribution >= 4 is 107 Å². The van der Waals surface area contributed by atoms with Crippen molar-refractivity contribution in [2.24, 2.45) is 70.5 Å². The van der Waals surface area contributed by atoms with Crippen LogP contribution in [0, 0.1) is 53.3 Å². The van der Waals surface area contributed by atoms with E-state index in [2.05, 4.69) is 84.6 Å². The van der Waals surface area contributed by atoms with Crippen LogP contribution in [0.4, 0.5) is 0 Å². The zero-order valence-electron chi connectivity index (χ0n) is 94.0. The predicted molar refractivity (Wildman–Crippen MR) is 567 cm³/mol. The van der Waals surface area contributed by atoms with Crippen molar-refractivity contribution in [1.29, 1.82) is 0 Å². The molecule has 15 amide bonds. The lowest BCUT2D eigenvalue weighted by Gasteiger charge is -2.36. The minimum absolute atomic E-state index is 0.00591. The largest absolute Gasteiger partial charge is 0.460 e. The highest BCUT2D eigenvalue weighted by atomic mass is 16.6. The van der Waals surface area contributed by atoms with E-state index in [9.17, 15) is 102 Å². The highest BCUT2D eigenvalue weighted by molar-refractivity contribution is 6.00. The van der Waals surface area contributed by atoms with E-state index in [4.69, 9.17) is 31.4 Å². The van der Waals surface area contributed by atoms with Gasteiger partial charge in [0.2, 0.25) is 88.6 Å². The fraction of sp³-hybridized carbons (Fsp3) is 0.832. The third kappa shape index (κ3) is 47.6. The number of hydrogen-bond donors (Lipinski definition) is 18. The zero-order valence-corrected chi connectivity index (χ0v) is 94.0. The van der Waals surface area contributed by atoms with Crippen LogP contribution in [-0.4, -0.2) is 306 Å². The molecule has 0 unspecified atom stereocenters. The molecule has 0 bridgehead atoms. The molecule has 1 aliphatic carbocycles. The summed E-state index contributed by atoms with van der Waals surface area (Å²) in [5.41, 5.74) is 17.6. The number of nitrogens with zero attached hydrogens (tertiary/aromatic N) is 3. The maximum Gasteiger partial charge on any atom is 0.328 e. The summed E-state index contributed by atoms with van der Waals surface area (Å²) in [6, 6.07) is -15.5. The van der Waals surface area contributed by atoms with Gasteiger partial charge in [-0.15, -0.1) is 0 Å². The van der Waals surface area contributed by atoms with Crippen LogP contribution in [0.1, 0.15) is 350 Å². The highest BCUT2D eigenvalue weighted by Gasteiger charge is 2.46. The quantitative estimate of drug-likeness (QED) is 0.0216. The minimum Gasteiger partial charge on any atom is -0.460 e. The Morgan fingerprint density at radius 1 is 0.315 bits per heavy atom. The van der Waals surface area contributed by atoms with E-state index in [0.29, 0.717) is 83.5 Å². The minimum atomic E-state index is -1.50. The van der Waals surface area contributed by atoms with Gasteiger partial charge in [0.15, 0.2) is 0 Å². The summed E-state index contributed by atoms with van der Waals surface area (Å²) in [4.78, 5) is 248. The van der Waals surface area contributed by atoms with Crippen LogP contribution in [0.5, 0.6) is 0 Å². The fourth-order valence-electron chi connectivity index (χ4n) is 18.6. The number of hydrogen-bond acceptors (Lipinski definition) is 27. The van der Waals surface area contributed by atoms with Crippen LogP contribution < -0.4 is 81.0 Å². The van der Waals surface area contributed by atoms with Gasteiger partial charge < -0.3 is 125 Å². The van der Waals surface area contributed by atoms with Gasteiger partial charge in [-0.1, -0.05) is 252 Å². The maximum atomic E-state index is 14.1. The monoisotopic (exact) mass is 2120 g/mol. The van der Waals surface area contributed by atoms with E-state index >= 15 is 0 Å². The molecule has 1 saturated carbocycles. The van der Waals surface area contributed by atoms with Crippen molar-refractivity contribution in [3.05, 3.63) is 0 Å². The molecule has 0 aromatic carbocycles. The molecule has 4 fully saturated rings. The topological polar surface area (TPSA) is 628 Å². The van der Waals surface area contributed by atoms with Gasteiger partial charge in [0, 0.05) is 40.8 Å². The molecule has 0 spiro atoms. The lowest BCUT2D eigenvalue weighted by atomic mass is 9.83. The first-order chi connectivity index (χ1) is 70.3. The van der Waals surface area contributed by atoms with Crippen molar-refractivity contribution in [2.45, 2.75) is 466 Å². The number of ether oxygens (including phenoxy) is 3. The SMILES string of the molecule is CCCCCCCCCC[C@H]1OC(=O)CNC(=O)[C@H]([C@H](C)O)NC(=O)[C@H](CN)NC(=O)[C@H]([C@H](C)CC)NC(=O)[C@H](CC(C)C)N(C)C(=O)[C@@H]1C.CCCCCCCCCC[C@H]1OC(=O)[C@H](C)NC(=O)[C@H]([C@H](C)O)NC(=O)[C@H](CN)NC(=O)[C@H]([C@H](C)CC)NC(=O)[C@H](CC(C)C)N(C)C(=O)[C@@H]1C.CCCCCC[C@H]1OC(=O)CNC(=O)[C@H]([C@H](C)O)NC(=O)[C@H](CN)NC(=O)[C@H](C2CCCCC2)NC(=O)[C@H](CC(C)C)N(C)C(=O)[C@@H]1C. The Kier molecular flexibility index (Phi) is 65.3. The van der Waals surface area contributed by atoms with Crippen molar-refractivity contribution in [2.75, 3.05) is 53.9 Å². The number of nitrogens with two attached hydrogens (primary N) is 3. The van der Waals surface area contributed by atoms with Gasteiger partial charge in [-0.2, -0.15) is 0 Å². The Morgan fingerprint density at radius 2 is 0.584 bits per heavy atom. The van der Waals surface area contributed by atoms with Crippen molar-refractivity contribution in [3.63, 3.8) is 0 Å². The number of carbonyl (C=O) groups excluding carboxylic acids is 18. The normalized spacial score (nSPS) is 27.6. The molecule has 0 radical (unpaired) electrons. The summed E-state index contributed by atoms with van der Waals surface area (Å²) >= 11 is 0. The first-order valence-electron chi connectivity index (χ1n) is 55.4. The average molecular weight is 2120 g/mol. The molecule has 4 aliphatic rings. The lowest BCUT2D eigenvalue weighted by molar-refractivity contribution is -0.160. The molecule has 24 atom stereocenters. The van der Waals surface area contributed by atoms with E-state index in [1.807, 2.05) is 55.4 Å². The Hall–Kier alpha value is -9.78. The Morgan fingerprint density at radius 3 is 0.879 bits per heavy atom. The summed E-state index contributed by atoms with van der Waals surface area (Å²) in [7, 11) is 4.62. The second-order valence-electron chi connectivity index (χ2n) is 42.9. The second-order valence-corrected chi connectivity index (χ2v) is 42.9. The molecule has 21 N–H and O–H groups in total. The molecule has 3 saturated heterocycles. The molecule has 149 heavy (non-hydrogen) atoms. The second kappa shape index (κ2) is 71.9. The van der Waals surface area contributed by atoms with Crippen molar-refractivity contribution < 1.29 is 116 Å². The predicted octanol–water partition coefficient (Wildman–Crippen LogP) is 5.09. The van der Waals surface area contributed by atoms with Gasteiger partial charge in [-0.05, 0) is 134 Å². The molecule has 4 rings (SSSR count). The molecule has 3 heterocycles. The molecule has 42 nitrogen and oxygen atoms in total. The Bertz CT molecular complexity index is 4140. The van der Waals surface area contributed by atoms with Crippen LogP contribution >= 0.6 is 0 Å². The Balaban J connectivity index is 0.000000755. The molecule has 42 heteroatoms. The highest BCUT2D eigenvalue weighted by Crippen LogP contribution is 2.31. The standard InChI is InChI=1S/C37H68N6O8.C36H66N6O8.C34H60N6O8/c1-10-12-13-14-15-16-17-18-19-29-24(6)36(49)43(9)28(20-22(3)4)33(46)41-30(23(5)11-2)34(47)40-27(21-38)32(45)42-31(26(8)44)35(48)39-25(7)37(50)51-29;1-9-11-12-13-14-15-16-17-18-28-24(6)36(49)42(8)27(19-22(3)4)33(46)40-30(23(5)10-2)35(48)39-26(20-37)32(45)41-31(25(7)43)34(47)38-21-29(44)50-28;1-7-8-9-13-16-26-21(4)34(47)40(6)25(17-20(2)3)31(44)39-29(23-14-11-10-12-15-23)33(46)37-24(18-35)30(43)38-28(22(5)41)32(45)36-19-27(42)48-26/h22-31,44H,10-21,38H2,1-9H3,(H,39,48)(H,40,47)(H,41,46)(H,42,45);22-28,30-31,43H,9-21,37H2,1-8H3,(H,38,47)(H,39,48)(H,40,46)(H,41,45);20-26,28-29,41H,7-19,35H2,1-6H3,(H,36,45)(H,37,46)(H,38,43)(H,39,44)/t23-,24-,25+,26+,27+,28+,29-,30+,31+;23-,24-,25+,26+,27+,28-,30+,31+;21-,22+,24+,25+,26-,28+,29+/m111/s1. The number of cyclic esters (lactones) is 3. The van der Waals surface area contributed by atoms with E-state index in [1.165, 1.54) is 95.0 Å². The van der Waals surface area contributed by atoms with E-state index < -0.39 is 253 Å². The van der Waals surface area contributed by atoms with Gasteiger partial charge in [-0.25, -0.2) is 4.79 Å². The van der Waals surface area contributed by atoms with Crippen LogP contribution in [0.3, 0.4) is 0 Å². The lowest BCUT2D eigenvalue weighted by Crippen LogP contribution is -2.62. The van der Waals surface area contributed by atoms with Gasteiger partial charge >= 0.3 is 17.9 Å². The number of aliphatic hydroxyl groups excluding tert-OH is 3. The Labute approximate surface area is 886 Å². The van der Waals surface area contributed by atoms with Crippen LogP contribution in [-0.2, 0) is 101 Å². The summed E-state index contributed by atoms with van der Waals surface area (Å²) in [6.45, 7) is 33.4. The van der Waals surface area contributed by atoms with Crippen molar-refractivity contribution in [1.82, 2.24) is 78.5 Å². The zero-order chi connectivity index (χ0) is 113. The third-order valence-electron chi connectivity index (χ3n) is 28.7. The number of esters is 3. The number of unbranched alkanes of at least 4 members (excludes halogenated alkanes) is 17. The number of rotatable bonds is 40. The summed E-state index contributed by atoms with van der Waals surface area (Å²) in [5.74, 6) is -15.5. The molecular weight excluding hydrogens is 1920 g/mol. The molecule has 856 valence electrons. The molecule has 0 aromatic rings. The summed E-state index contributed by atoms with van der Waals surface area (Å²) in [5, 5.41) is 62.0. The number of carbonyl (C=O) groups is 18. The first-order valence-corrected chi connectivity index (χ1v) is 55.4. The molecule has 3 aliphatic heterocycles. The van der Waals surface area contributed by atoms with Crippen LogP contribution in [0.2, 0.25) is 0 Å². The van der Waals surface area contributed by atoms with Gasteiger partial charge in [0.05, 0.1) is 36.1 Å². The first kappa shape index (κ1) is 135. The smallest absolute Gasteiger partial charge is 0.328 e. The van der Waals surface area contributed by atoms with Crippen LogP contribution in [0.25, 0.3) is 0 Å². The molecule has 0 aromatic heterocycles. The third-order valence-corrected chi connectivity index (χ3v) is 28.7. The van der Waals surface area contributed by atoms with Crippen molar-refractivity contribution in [3.8, 4) is 0 Å². The number of amides is 15. The van der Waals surface area contributed by atoms with Gasteiger partial charge in [-0.3, -0.25) is 81.5 Å². The van der Waals surface area contributed by atoms with E-state index in [0.717, 1.165) is 89.9 Å². The van der Waals surface area contributed by atoms with Gasteiger partial charge in [0.1, 0.15) is 110 Å². The molecular formula is C107H194N18O24. The van der Waals surface area contributed by atoms with Gasteiger partial charge in [0.25, 0.3) is 0 Å². The number of likely N-dealkylation sites (N-methyl/N-ethyl adjacent to an activating group) is 3. The van der Waals surface area contributed by atoms with E-state index in [1.54, 1.807) is 41.7 Å². The van der Waals surface area contributed by atoms with Crippen LogP contribution in [0.15, 0.2) is 0 Å². The maximum absolute atomic E-state index is 14.1. The van der Waals surface area contributed by atoms with E-state index in [-0.39, 0.29) is 55.1 Å². The number of aliphatic hydroxyl groups is 3. The fourth-order valence-corrected chi connectivity index (χ4v) is 18.6. The number of nitrogens with one attached hydrogen (secondary N) is 12. The average Bonchev–Trinajstić information content (AvgIpc) is 1.66. The summed E-state index contributed by atoms with van der Waals surface area (Å²) in [6.07, 6.45) is 21.1.